The van der Waals surface area contributed by atoms with Gasteiger partial charge in [0, 0.05) is 0 Å². The molecule has 0 aliphatic heterocycles. The maximum absolute atomic E-state index is 12.0. The fourth-order valence-corrected chi connectivity index (χ4v) is 1.36. The van der Waals surface area contributed by atoms with Crippen molar-refractivity contribution in [3.8, 4) is 5.75 Å². The maximum atomic E-state index is 12.0. The molecule has 0 fully saturated rings. The van der Waals surface area contributed by atoms with Crippen LogP contribution in [0.25, 0.3) is 0 Å². The Balaban J connectivity index is 2.95. The number of esters is 1. The Morgan fingerprint density at radius 2 is 2.06 bits per heavy atom. The summed E-state index contributed by atoms with van der Waals surface area (Å²) in [5.41, 5.74) is 0.209. The molecule has 1 aromatic carbocycles. The summed E-state index contributed by atoms with van der Waals surface area (Å²) >= 11 is 5.68. The first-order valence-corrected chi connectivity index (χ1v) is 4.81. The van der Waals surface area contributed by atoms with Crippen LogP contribution in [-0.2, 0) is 16.0 Å². The van der Waals surface area contributed by atoms with Crippen molar-refractivity contribution in [2.45, 2.75) is 12.8 Å². The Morgan fingerprint density at radius 1 is 1.41 bits per heavy atom. The number of hydrogen-bond acceptors (Lipinski definition) is 3. The summed E-state index contributed by atoms with van der Waals surface area (Å²) < 4.78 is 44.1. The van der Waals surface area contributed by atoms with Gasteiger partial charge < -0.3 is 9.47 Å². The van der Waals surface area contributed by atoms with Crippen molar-refractivity contribution in [1.29, 1.82) is 0 Å². The topological polar surface area (TPSA) is 35.5 Å². The summed E-state index contributed by atoms with van der Waals surface area (Å²) in [5.74, 6) is -1.14. The number of hydrogen-bond donors (Lipinski definition) is 0. The third-order valence-electron chi connectivity index (χ3n) is 1.83. The van der Waals surface area contributed by atoms with Crippen LogP contribution in [0.4, 0.5) is 13.2 Å². The average molecular weight is 269 g/mol. The van der Waals surface area contributed by atoms with Gasteiger partial charge in [0.15, 0.2) is 0 Å². The first kappa shape index (κ1) is 13.6. The van der Waals surface area contributed by atoms with Crippen LogP contribution in [0.15, 0.2) is 18.2 Å². The van der Waals surface area contributed by atoms with E-state index in [1.54, 1.807) is 0 Å². The third-order valence-corrected chi connectivity index (χ3v) is 2.26. The summed E-state index contributed by atoms with van der Waals surface area (Å²) in [5, 5.41) is -0.254. The zero-order valence-corrected chi connectivity index (χ0v) is 9.43. The van der Waals surface area contributed by atoms with Crippen LogP contribution < -0.4 is 4.74 Å². The molecular formula is C10H8ClF3O3. The number of carbonyl (C=O) groups excluding carboxylic acids is 1. The van der Waals surface area contributed by atoms with E-state index in [2.05, 4.69) is 9.47 Å². The van der Waals surface area contributed by atoms with Gasteiger partial charge >= 0.3 is 12.3 Å². The zero-order chi connectivity index (χ0) is 13.1. The van der Waals surface area contributed by atoms with Crippen LogP contribution in [0.2, 0.25) is 5.02 Å². The minimum atomic E-state index is -4.83. The Bertz CT molecular complexity index is 418. The summed E-state index contributed by atoms with van der Waals surface area (Å²) in [7, 11) is 1.17. The Labute approximate surface area is 100 Å². The Hall–Kier alpha value is -1.43. The van der Waals surface area contributed by atoms with Crippen molar-refractivity contribution in [3.05, 3.63) is 28.8 Å². The lowest BCUT2D eigenvalue weighted by Crippen LogP contribution is -2.17. The molecule has 0 radical (unpaired) electrons. The highest BCUT2D eigenvalue weighted by atomic mass is 35.5. The molecule has 94 valence electrons. The first-order chi connectivity index (χ1) is 7.83. The lowest BCUT2D eigenvalue weighted by atomic mass is 10.1. The molecule has 0 amide bonds. The van der Waals surface area contributed by atoms with E-state index in [0.29, 0.717) is 0 Å². The van der Waals surface area contributed by atoms with Crippen LogP contribution in [0.1, 0.15) is 5.56 Å². The number of ether oxygens (including phenoxy) is 2. The summed E-state index contributed by atoms with van der Waals surface area (Å²) in [4.78, 5) is 11.0. The van der Waals surface area contributed by atoms with Crippen molar-refractivity contribution in [2.24, 2.45) is 0 Å². The molecule has 0 N–H and O–H groups in total. The molecule has 0 atom stereocenters. The highest BCUT2D eigenvalue weighted by Gasteiger charge is 2.32. The standard InChI is InChI=1S/C10H8ClF3O3/c1-16-8(15)5-6-3-2-4-7(9(6)11)17-10(12,13)14/h2-4H,5H2,1H3. The van der Waals surface area contributed by atoms with Gasteiger partial charge in [-0.2, -0.15) is 0 Å². The third kappa shape index (κ3) is 4.14. The number of rotatable bonds is 3. The van der Waals surface area contributed by atoms with Crippen molar-refractivity contribution in [1.82, 2.24) is 0 Å². The second kappa shape index (κ2) is 5.27. The van der Waals surface area contributed by atoms with Crippen LogP contribution in [0.3, 0.4) is 0 Å². The monoisotopic (exact) mass is 268 g/mol. The maximum Gasteiger partial charge on any atom is 0.573 e. The van der Waals surface area contributed by atoms with E-state index >= 15 is 0 Å². The molecule has 1 aromatic rings. The van der Waals surface area contributed by atoms with Gasteiger partial charge in [0.1, 0.15) is 5.75 Å². The smallest absolute Gasteiger partial charge is 0.469 e. The lowest BCUT2D eigenvalue weighted by Gasteiger charge is -2.12. The minimum Gasteiger partial charge on any atom is -0.469 e. The van der Waals surface area contributed by atoms with E-state index in [-0.39, 0.29) is 17.0 Å². The molecular weight excluding hydrogens is 261 g/mol. The van der Waals surface area contributed by atoms with Gasteiger partial charge in [0.05, 0.1) is 18.6 Å². The quantitative estimate of drug-likeness (QED) is 0.791. The summed E-state index contributed by atoms with van der Waals surface area (Å²) in [6, 6.07) is 3.80. The van der Waals surface area contributed by atoms with Gasteiger partial charge in [0.25, 0.3) is 0 Å². The molecule has 0 bridgehead atoms. The summed E-state index contributed by atoms with van der Waals surface area (Å²) in [6.45, 7) is 0. The molecule has 0 spiro atoms. The average Bonchev–Trinajstić information content (AvgIpc) is 2.22. The van der Waals surface area contributed by atoms with Gasteiger partial charge in [-0.1, -0.05) is 23.7 Å². The van der Waals surface area contributed by atoms with Crippen LogP contribution in [-0.4, -0.2) is 19.4 Å². The van der Waals surface area contributed by atoms with Gasteiger partial charge in [-0.3, -0.25) is 4.79 Å². The molecule has 0 unspecified atom stereocenters. The van der Waals surface area contributed by atoms with E-state index in [1.165, 1.54) is 19.2 Å². The molecule has 17 heavy (non-hydrogen) atoms. The van der Waals surface area contributed by atoms with Crippen molar-refractivity contribution < 1.29 is 27.4 Å². The van der Waals surface area contributed by atoms with Gasteiger partial charge in [-0.25, -0.2) is 0 Å². The van der Waals surface area contributed by atoms with E-state index in [0.717, 1.165) is 6.07 Å². The fraction of sp³-hybridized carbons (Fsp3) is 0.300. The van der Waals surface area contributed by atoms with E-state index in [9.17, 15) is 18.0 Å². The van der Waals surface area contributed by atoms with E-state index in [4.69, 9.17) is 11.6 Å². The predicted octanol–water partition coefficient (Wildman–Crippen LogP) is 2.95. The van der Waals surface area contributed by atoms with Gasteiger partial charge in [0.2, 0.25) is 0 Å². The molecule has 0 aromatic heterocycles. The SMILES string of the molecule is COC(=O)Cc1cccc(OC(F)(F)F)c1Cl. The highest BCUT2D eigenvalue weighted by Crippen LogP contribution is 2.32. The first-order valence-electron chi connectivity index (χ1n) is 4.43. The number of methoxy groups -OCH3 is 1. The van der Waals surface area contributed by atoms with Crippen LogP contribution in [0.5, 0.6) is 5.75 Å². The summed E-state index contributed by atoms with van der Waals surface area (Å²) in [6.07, 6.45) is -5.04. The van der Waals surface area contributed by atoms with Crippen molar-refractivity contribution >= 4 is 17.6 Å². The number of carbonyl (C=O) groups is 1. The Kier molecular flexibility index (Phi) is 4.22. The zero-order valence-electron chi connectivity index (χ0n) is 8.68. The molecule has 0 aliphatic rings. The number of halogens is 4. The van der Waals surface area contributed by atoms with E-state index < -0.39 is 18.1 Å². The molecule has 3 nitrogen and oxygen atoms in total. The molecule has 0 saturated heterocycles. The van der Waals surface area contributed by atoms with Crippen molar-refractivity contribution in [2.75, 3.05) is 7.11 Å². The molecule has 0 aliphatic carbocycles. The molecule has 7 heteroatoms. The van der Waals surface area contributed by atoms with Crippen molar-refractivity contribution in [3.63, 3.8) is 0 Å². The normalized spacial score (nSPS) is 11.1. The highest BCUT2D eigenvalue weighted by molar-refractivity contribution is 6.33. The largest absolute Gasteiger partial charge is 0.573 e. The lowest BCUT2D eigenvalue weighted by molar-refractivity contribution is -0.274. The van der Waals surface area contributed by atoms with Gasteiger partial charge in [-0.15, -0.1) is 13.2 Å². The van der Waals surface area contributed by atoms with E-state index in [1.807, 2.05) is 0 Å². The van der Waals surface area contributed by atoms with Crippen LogP contribution in [0, 0.1) is 0 Å². The second-order valence-electron chi connectivity index (χ2n) is 3.03. The van der Waals surface area contributed by atoms with Gasteiger partial charge in [-0.05, 0) is 11.6 Å². The minimum absolute atomic E-state index is 0.209. The molecule has 1 rings (SSSR count). The second-order valence-corrected chi connectivity index (χ2v) is 3.41. The number of alkyl halides is 3. The van der Waals surface area contributed by atoms with Crippen LogP contribution >= 0.6 is 11.6 Å². The molecule has 0 heterocycles. The molecule has 0 saturated carbocycles. The fourth-order valence-electron chi connectivity index (χ4n) is 1.12. The number of benzene rings is 1. The predicted molar refractivity (Wildman–Crippen MR) is 53.9 cm³/mol. The Morgan fingerprint density at radius 3 is 2.59 bits per heavy atom.